The highest BCUT2D eigenvalue weighted by atomic mass is 32.1. The number of anilines is 1. The number of hydrogen-bond donors (Lipinski definition) is 1. The molecule has 1 aromatic heterocycles. The number of nitrogens with one attached hydrogen (secondary N) is 1. The third-order valence-electron chi connectivity index (χ3n) is 5.95. The Morgan fingerprint density at radius 3 is 2.71 bits per heavy atom. The maximum atomic E-state index is 12.4. The van der Waals surface area contributed by atoms with Crippen LogP contribution in [0.4, 0.5) is 5.13 Å². The van der Waals surface area contributed by atoms with Gasteiger partial charge in [-0.1, -0.05) is 48.6 Å². The molecule has 2 saturated heterocycles. The van der Waals surface area contributed by atoms with Gasteiger partial charge < -0.3 is 10.2 Å². The summed E-state index contributed by atoms with van der Waals surface area (Å²) >= 11 is 1.51. The number of thiazole rings is 1. The highest BCUT2D eigenvalue weighted by molar-refractivity contribution is 7.17. The minimum absolute atomic E-state index is 0.0372. The van der Waals surface area contributed by atoms with Crippen LogP contribution in [0.1, 0.15) is 47.8 Å². The second-order valence-electron chi connectivity index (χ2n) is 8.14. The molecule has 3 heterocycles. The maximum absolute atomic E-state index is 12.4. The largest absolute Gasteiger partial charge is 0.348 e. The zero-order valence-corrected chi connectivity index (χ0v) is 17.5. The van der Waals surface area contributed by atoms with Gasteiger partial charge in [0, 0.05) is 32.2 Å². The summed E-state index contributed by atoms with van der Waals surface area (Å²) in [6, 6.07) is 10.7. The quantitative estimate of drug-likeness (QED) is 0.833. The van der Waals surface area contributed by atoms with Gasteiger partial charge >= 0.3 is 0 Å². The number of benzene rings is 1. The predicted molar refractivity (Wildman–Crippen MR) is 115 cm³/mol. The Bertz CT molecular complexity index is 770. The van der Waals surface area contributed by atoms with Gasteiger partial charge in [-0.2, -0.15) is 0 Å². The molecule has 1 aromatic carbocycles. The van der Waals surface area contributed by atoms with E-state index >= 15 is 0 Å². The third kappa shape index (κ3) is 4.73. The maximum Gasteiger partial charge on any atom is 0.263 e. The monoisotopic (exact) mass is 398 g/mol. The van der Waals surface area contributed by atoms with E-state index in [2.05, 4.69) is 27.0 Å². The first kappa shape index (κ1) is 19.4. The van der Waals surface area contributed by atoms with E-state index in [1.807, 2.05) is 30.3 Å². The Labute approximate surface area is 171 Å². The zero-order valence-electron chi connectivity index (χ0n) is 16.6. The van der Waals surface area contributed by atoms with Crippen LogP contribution in [0.25, 0.3) is 0 Å². The van der Waals surface area contributed by atoms with Crippen molar-refractivity contribution in [2.24, 2.45) is 5.92 Å². The fraction of sp³-hybridized carbons (Fsp3) is 0.545. The Morgan fingerprint density at radius 1 is 1.18 bits per heavy atom. The van der Waals surface area contributed by atoms with Gasteiger partial charge in [0.25, 0.3) is 5.91 Å². The molecule has 0 saturated carbocycles. The van der Waals surface area contributed by atoms with Crippen LogP contribution in [-0.4, -0.2) is 48.0 Å². The molecule has 4 rings (SSSR count). The van der Waals surface area contributed by atoms with Crippen molar-refractivity contribution in [3.05, 3.63) is 47.0 Å². The molecule has 0 unspecified atom stereocenters. The summed E-state index contributed by atoms with van der Waals surface area (Å²) in [4.78, 5) is 22.7. The number of likely N-dealkylation sites (tertiary alicyclic amines) is 1. The number of rotatable bonds is 5. The number of nitrogens with zero attached hydrogens (tertiary/aromatic N) is 3. The average molecular weight is 399 g/mol. The van der Waals surface area contributed by atoms with Crippen molar-refractivity contribution < 1.29 is 4.79 Å². The molecule has 0 radical (unpaired) electrons. The minimum atomic E-state index is -0.0372. The topological polar surface area (TPSA) is 48.5 Å². The first-order valence-corrected chi connectivity index (χ1v) is 11.3. The molecule has 150 valence electrons. The number of aromatic nitrogens is 1. The van der Waals surface area contributed by atoms with Crippen molar-refractivity contribution in [1.29, 1.82) is 0 Å². The average Bonchev–Trinajstić information content (AvgIpc) is 3.23. The lowest BCUT2D eigenvalue weighted by molar-refractivity contribution is 0.0954. The molecule has 28 heavy (non-hydrogen) atoms. The first-order chi connectivity index (χ1) is 13.7. The molecule has 6 heteroatoms. The molecule has 2 aliphatic rings. The molecule has 1 N–H and O–H groups in total. The summed E-state index contributed by atoms with van der Waals surface area (Å²) in [6.07, 6.45) is 6.83. The highest BCUT2D eigenvalue weighted by Gasteiger charge is 2.28. The van der Waals surface area contributed by atoms with Gasteiger partial charge in [-0.05, 0) is 43.7 Å². The Balaban J connectivity index is 1.28. The van der Waals surface area contributed by atoms with Gasteiger partial charge in [-0.15, -0.1) is 0 Å². The van der Waals surface area contributed by atoms with E-state index in [4.69, 9.17) is 0 Å². The first-order valence-electron chi connectivity index (χ1n) is 10.5. The number of piperidine rings is 2. The van der Waals surface area contributed by atoms with Crippen LogP contribution in [0.3, 0.4) is 0 Å². The number of hydrogen-bond acceptors (Lipinski definition) is 5. The van der Waals surface area contributed by atoms with Crippen LogP contribution in [0.5, 0.6) is 0 Å². The normalized spacial score (nSPS) is 21.6. The molecule has 2 aliphatic heterocycles. The van der Waals surface area contributed by atoms with Crippen LogP contribution < -0.4 is 10.2 Å². The lowest BCUT2D eigenvalue weighted by atomic mass is 9.95. The molecular weight excluding hydrogens is 368 g/mol. The van der Waals surface area contributed by atoms with Gasteiger partial charge in [0.1, 0.15) is 4.88 Å². The van der Waals surface area contributed by atoms with Crippen molar-refractivity contribution in [2.75, 3.05) is 31.1 Å². The van der Waals surface area contributed by atoms with Gasteiger partial charge in [0.2, 0.25) is 0 Å². The standard InChI is InChI=1S/C22H30N4OS/c1-17-6-5-11-26(16-17)19-9-12-25(13-10-19)22-24-15-20(28-22)21(27)23-14-18-7-3-2-4-8-18/h2-4,7-8,15,17,19H,5-6,9-14,16H2,1H3,(H,23,27)/t17-/m1/s1. The van der Waals surface area contributed by atoms with E-state index in [-0.39, 0.29) is 5.91 Å². The third-order valence-corrected chi connectivity index (χ3v) is 7.01. The molecule has 1 atom stereocenters. The van der Waals surface area contributed by atoms with Crippen molar-refractivity contribution in [3.8, 4) is 0 Å². The fourth-order valence-electron chi connectivity index (χ4n) is 4.36. The fourth-order valence-corrected chi connectivity index (χ4v) is 5.25. The molecule has 0 aliphatic carbocycles. The molecule has 5 nitrogen and oxygen atoms in total. The van der Waals surface area contributed by atoms with E-state index in [1.165, 1.54) is 50.1 Å². The van der Waals surface area contributed by atoms with E-state index in [0.717, 1.165) is 29.7 Å². The zero-order chi connectivity index (χ0) is 19.3. The smallest absolute Gasteiger partial charge is 0.263 e. The van der Waals surface area contributed by atoms with E-state index in [0.29, 0.717) is 17.5 Å². The number of carbonyl (C=O) groups is 1. The van der Waals surface area contributed by atoms with Gasteiger partial charge in [-0.3, -0.25) is 9.69 Å². The highest BCUT2D eigenvalue weighted by Crippen LogP contribution is 2.28. The summed E-state index contributed by atoms with van der Waals surface area (Å²) in [5.41, 5.74) is 1.11. The van der Waals surface area contributed by atoms with Crippen LogP contribution in [0.2, 0.25) is 0 Å². The predicted octanol–water partition coefficient (Wildman–Crippen LogP) is 3.77. The summed E-state index contributed by atoms with van der Waals surface area (Å²) in [6.45, 7) is 7.52. The van der Waals surface area contributed by atoms with Crippen molar-refractivity contribution in [1.82, 2.24) is 15.2 Å². The summed E-state index contributed by atoms with van der Waals surface area (Å²) in [7, 11) is 0. The summed E-state index contributed by atoms with van der Waals surface area (Å²) in [5.74, 6) is 0.799. The molecule has 0 bridgehead atoms. The SMILES string of the molecule is C[C@@H]1CCCN(C2CCN(c3ncc(C(=O)NCc4ccccc4)s3)CC2)C1. The van der Waals surface area contributed by atoms with Crippen LogP contribution >= 0.6 is 11.3 Å². The van der Waals surface area contributed by atoms with Crippen molar-refractivity contribution in [2.45, 2.75) is 45.2 Å². The molecule has 0 spiro atoms. The van der Waals surface area contributed by atoms with Crippen molar-refractivity contribution in [3.63, 3.8) is 0 Å². The minimum Gasteiger partial charge on any atom is -0.348 e. The lowest BCUT2D eigenvalue weighted by Gasteiger charge is -2.41. The second kappa shape index (κ2) is 9.05. The van der Waals surface area contributed by atoms with Crippen LogP contribution in [0.15, 0.2) is 36.5 Å². The Morgan fingerprint density at radius 2 is 1.96 bits per heavy atom. The summed E-state index contributed by atoms with van der Waals surface area (Å²) < 4.78 is 0. The van der Waals surface area contributed by atoms with Crippen molar-refractivity contribution >= 4 is 22.4 Å². The van der Waals surface area contributed by atoms with Gasteiger partial charge in [0.05, 0.1) is 6.20 Å². The van der Waals surface area contributed by atoms with E-state index < -0.39 is 0 Å². The molecular formula is C22H30N4OS. The molecule has 2 fully saturated rings. The molecule has 1 amide bonds. The number of amides is 1. The van der Waals surface area contributed by atoms with E-state index in [9.17, 15) is 4.79 Å². The Hall–Kier alpha value is -1.92. The number of carbonyl (C=O) groups excluding carboxylic acids is 1. The van der Waals surface area contributed by atoms with Crippen LogP contribution in [0, 0.1) is 5.92 Å². The second-order valence-corrected chi connectivity index (χ2v) is 9.15. The lowest BCUT2D eigenvalue weighted by Crippen LogP contribution is -2.48. The molecule has 2 aromatic rings. The van der Waals surface area contributed by atoms with Gasteiger partial charge in [-0.25, -0.2) is 4.98 Å². The Kier molecular flexibility index (Phi) is 6.27. The van der Waals surface area contributed by atoms with Gasteiger partial charge in [0.15, 0.2) is 5.13 Å². The van der Waals surface area contributed by atoms with Crippen LogP contribution in [-0.2, 0) is 6.54 Å². The van der Waals surface area contributed by atoms with E-state index in [1.54, 1.807) is 6.20 Å². The summed E-state index contributed by atoms with van der Waals surface area (Å²) in [5, 5.41) is 3.97.